The Kier molecular flexibility index (Phi) is 3.28. The van der Waals surface area contributed by atoms with Crippen LogP contribution in [-0.2, 0) is 6.42 Å². The molecule has 0 spiro atoms. The van der Waals surface area contributed by atoms with E-state index in [0.29, 0.717) is 0 Å². The van der Waals surface area contributed by atoms with Gasteiger partial charge in [-0.05, 0) is 36.6 Å². The van der Waals surface area contributed by atoms with Gasteiger partial charge in [0.1, 0.15) is 0 Å². The summed E-state index contributed by atoms with van der Waals surface area (Å²) in [5, 5.41) is 0. The topological polar surface area (TPSA) is 20.3 Å². The summed E-state index contributed by atoms with van der Waals surface area (Å²) in [6.07, 6.45) is 1.02. The van der Waals surface area contributed by atoms with Gasteiger partial charge in [0.2, 0.25) is 0 Å². The maximum Gasteiger partial charge on any atom is 0.253 e. The molecular weight excluding hydrogens is 174 g/mol. The highest BCUT2D eigenvalue weighted by Crippen LogP contribution is 2.12. The highest BCUT2D eigenvalue weighted by Gasteiger charge is 2.08. The van der Waals surface area contributed by atoms with Crippen molar-refractivity contribution in [2.75, 3.05) is 14.1 Å². The number of rotatable bonds is 2. The van der Waals surface area contributed by atoms with Crippen LogP contribution in [0.4, 0.5) is 0 Å². The summed E-state index contributed by atoms with van der Waals surface area (Å²) in [6.45, 7) is 4.17. The van der Waals surface area contributed by atoms with E-state index < -0.39 is 0 Å². The third kappa shape index (κ3) is 2.13. The van der Waals surface area contributed by atoms with Crippen molar-refractivity contribution in [2.24, 2.45) is 0 Å². The van der Waals surface area contributed by atoms with Gasteiger partial charge in [-0.15, -0.1) is 0 Å². The Balaban J connectivity index is 3.03. The van der Waals surface area contributed by atoms with Crippen LogP contribution in [0.2, 0.25) is 0 Å². The minimum absolute atomic E-state index is 0.0655. The molecular formula is C12H17NO. The summed E-state index contributed by atoms with van der Waals surface area (Å²) in [5.74, 6) is 0.0655. The van der Waals surface area contributed by atoms with E-state index in [-0.39, 0.29) is 5.91 Å². The Morgan fingerprint density at radius 2 is 2.00 bits per heavy atom. The van der Waals surface area contributed by atoms with Crippen molar-refractivity contribution in [3.05, 3.63) is 34.9 Å². The summed E-state index contributed by atoms with van der Waals surface area (Å²) in [6, 6.07) is 5.89. The quantitative estimate of drug-likeness (QED) is 0.702. The van der Waals surface area contributed by atoms with Crippen LogP contribution in [0, 0.1) is 6.92 Å². The lowest BCUT2D eigenvalue weighted by Gasteiger charge is -2.11. The second-order valence-electron chi connectivity index (χ2n) is 3.69. The van der Waals surface area contributed by atoms with Crippen molar-refractivity contribution in [3.63, 3.8) is 0 Å². The second-order valence-corrected chi connectivity index (χ2v) is 3.69. The number of nitrogens with zero attached hydrogens (tertiary/aromatic N) is 1. The van der Waals surface area contributed by atoms with E-state index in [1.807, 2.05) is 25.1 Å². The van der Waals surface area contributed by atoms with Crippen molar-refractivity contribution in [1.82, 2.24) is 4.90 Å². The fourth-order valence-electron chi connectivity index (χ4n) is 1.48. The molecule has 0 atom stereocenters. The molecule has 0 saturated carbocycles. The number of benzene rings is 1. The lowest BCUT2D eigenvalue weighted by Crippen LogP contribution is -2.21. The van der Waals surface area contributed by atoms with Crippen LogP contribution < -0.4 is 0 Å². The summed E-state index contributed by atoms with van der Waals surface area (Å²) >= 11 is 0. The van der Waals surface area contributed by atoms with Crippen molar-refractivity contribution < 1.29 is 4.79 Å². The molecule has 0 N–H and O–H groups in total. The molecule has 0 aliphatic rings. The van der Waals surface area contributed by atoms with E-state index in [9.17, 15) is 4.79 Å². The van der Waals surface area contributed by atoms with Gasteiger partial charge in [-0.2, -0.15) is 0 Å². The van der Waals surface area contributed by atoms with Crippen LogP contribution in [0.3, 0.4) is 0 Å². The van der Waals surface area contributed by atoms with Crippen LogP contribution in [0.1, 0.15) is 28.4 Å². The number of carbonyl (C=O) groups is 1. The van der Waals surface area contributed by atoms with Gasteiger partial charge in [0, 0.05) is 19.7 Å². The Morgan fingerprint density at radius 3 is 2.43 bits per heavy atom. The standard InChI is InChI=1S/C12H17NO/c1-5-10-6-7-11(8-9(10)2)12(14)13(3)4/h6-8H,5H2,1-4H3. The molecule has 0 unspecified atom stereocenters. The first-order chi connectivity index (χ1) is 6.56. The summed E-state index contributed by atoms with van der Waals surface area (Å²) < 4.78 is 0. The van der Waals surface area contributed by atoms with Gasteiger partial charge in [-0.1, -0.05) is 13.0 Å². The predicted octanol–water partition coefficient (Wildman–Crippen LogP) is 2.26. The Labute approximate surface area is 85.5 Å². The maximum absolute atomic E-state index is 11.6. The number of aryl methyl sites for hydroxylation is 2. The average molecular weight is 191 g/mol. The molecule has 1 rings (SSSR count). The monoisotopic (exact) mass is 191 g/mol. The molecule has 0 aliphatic carbocycles. The fraction of sp³-hybridized carbons (Fsp3) is 0.417. The number of carbonyl (C=O) groups excluding carboxylic acids is 1. The molecule has 2 nitrogen and oxygen atoms in total. The van der Waals surface area contributed by atoms with Crippen LogP contribution in [-0.4, -0.2) is 24.9 Å². The van der Waals surface area contributed by atoms with Crippen LogP contribution in [0.5, 0.6) is 0 Å². The lowest BCUT2D eigenvalue weighted by molar-refractivity contribution is 0.0827. The molecule has 14 heavy (non-hydrogen) atoms. The third-order valence-electron chi connectivity index (χ3n) is 2.38. The van der Waals surface area contributed by atoms with E-state index >= 15 is 0 Å². The number of hydrogen-bond acceptors (Lipinski definition) is 1. The minimum Gasteiger partial charge on any atom is -0.345 e. The number of amides is 1. The lowest BCUT2D eigenvalue weighted by atomic mass is 10.0. The normalized spacial score (nSPS) is 10.0. The third-order valence-corrected chi connectivity index (χ3v) is 2.38. The molecule has 0 bridgehead atoms. The second kappa shape index (κ2) is 4.27. The van der Waals surface area contributed by atoms with Crippen LogP contribution in [0.15, 0.2) is 18.2 Å². The molecule has 0 aliphatic heterocycles. The van der Waals surface area contributed by atoms with Gasteiger partial charge in [0.15, 0.2) is 0 Å². The van der Waals surface area contributed by atoms with Gasteiger partial charge in [0.25, 0.3) is 5.91 Å². The molecule has 1 amide bonds. The van der Waals surface area contributed by atoms with Crippen molar-refractivity contribution >= 4 is 5.91 Å². The van der Waals surface area contributed by atoms with Crippen LogP contribution in [0.25, 0.3) is 0 Å². The van der Waals surface area contributed by atoms with E-state index in [1.165, 1.54) is 11.1 Å². The van der Waals surface area contributed by atoms with E-state index in [1.54, 1.807) is 19.0 Å². The number of hydrogen-bond donors (Lipinski definition) is 0. The zero-order valence-corrected chi connectivity index (χ0v) is 9.29. The van der Waals surface area contributed by atoms with Gasteiger partial charge in [0.05, 0.1) is 0 Å². The van der Waals surface area contributed by atoms with Crippen molar-refractivity contribution in [2.45, 2.75) is 20.3 Å². The molecule has 0 heterocycles. The zero-order chi connectivity index (χ0) is 10.7. The van der Waals surface area contributed by atoms with Crippen LogP contribution >= 0.6 is 0 Å². The van der Waals surface area contributed by atoms with Gasteiger partial charge >= 0.3 is 0 Å². The highest BCUT2D eigenvalue weighted by atomic mass is 16.2. The molecule has 0 radical (unpaired) electrons. The molecule has 76 valence electrons. The molecule has 1 aromatic rings. The molecule has 1 aromatic carbocycles. The first-order valence-corrected chi connectivity index (χ1v) is 4.87. The smallest absolute Gasteiger partial charge is 0.253 e. The molecule has 0 saturated heterocycles. The first-order valence-electron chi connectivity index (χ1n) is 4.87. The van der Waals surface area contributed by atoms with Crippen molar-refractivity contribution in [3.8, 4) is 0 Å². The zero-order valence-electron chi connectivity index (χ0n) is 9.29. The van der Waals surface area contributed by atoms with E-state index in [2.05, 4.69) is 6.92 Å². The summed E-state index contributed by atoms with van der Waals surface area (Å²) in [7, 11) is 3.54. The van der Waals surface area contributed by atoms with Gasteiger partial charge in [-0.3, -0.25) is 4.79 Å². The highest BCUT2D eigenvalue weighted by molar-refractivity contribution is 5.94. The molecule has 0 aromatic heterocycles. The largest absolute Gasteiger partial charge is 0.345 e. The predicted molar refractivity (Wildman–Crippen MR) is 58.6 cm³/mol. The fourth-order valence-corrected chi connectivity index (χ4v) is 1.48. The van der Waals surface area contributed by atoms with Gasteiger partial charge < -0.3 is 4.90 Å². The summed E-state index contributed by atoms with van der Waals surface area (Å²) in [5.41, 5.74) is 3.27. The molecule has 0 fully saturated rings. The van der Waals surface area contributed by atoms with E-state index in [0.717, 1.165) is 12.0 Å². The van der Waals surface area contributed by atoms with E-state index in [4.69, 9.17) is 0 Å². The average Bonchev–Trinajstić information content (AvgIpc) is 2.16. The van der Waals surface area contributed by atoms with Crippen molar-refractivity contribution in [1.29, 1.82) is 0 Å². The molecule has 2 heteroatoms. The maximum atomic E-state index is 11.6. The minimum atomic E-state index is 0.0655. The SMILES string of the molecule is CCc1ccc(C(=O)N(C)C)cc1C. The van der Waals surface area contributed by atoms with Gasteiger partial charge in [-0.25, -0.2) is 0 Å². The Morgan fingerprint density at radius 1 is 1.36 bits per heavy atom. The Bertz CT molecular complexity index is 342. The summed E-state index contributed by atoms with van der Waals surface area (Å²) in [4.78, 5) is 13.2. The first kappa shape index (κ1) is 10.8. The Hall–Kier alpha value is -1.31.